The lowest BCUT2D eigenvalue weighted by Crippen LogP contribution is -3.09. The Balaban J connectivity index is 1.27. The van der Waals surface area contributed by atoms with Crippen LogP contribution in [0.5, 0.6) is 11.5 Å². The third kappa shape index (κ3) is 7.58. The molecule has 3 aliphatic heterocycles. The summed E-state index contributed by atoms with van der Waals surface area (Å²) >= 11 is 0. The average molecular weight is 706 g/mol. The second-order valence-corrected chi connectivity index (χ2v) is 12.4. The summed E-state index contributed by atoms with van der Waals surface area (Å²) in [6.07, 6.45) is 1.20. The molecule has 4 heterocycles. The predicted octanol–water partition coefficient (Wildman–Crippen LogP) is -0.126. The van der Waals surface area contributed by atoms with Crippen LogP contribution >= 0.6 is 0 Å². The predicted molar refractivity (Wildman–Crippen MR) is 178 cm³/mol. The van der Waals surface area contributed by atoms with E-state index in [-0.39, 0.29) is 33.5 Å². The molecule has 7 atom stereocenters. The zero-order chi connectivity index (χ0) is 36.2. The topological polar surface area (TPSA) is 214 Å². The minimum atomic E-state index is -1.77. The number of benzene rings is 2. The lowest BCUT2D eigenvalue weighted by atomic mass is 9.99. The van der Waals surface area contributed by atoms with E-state index in [1.54, 1.807) is 18.3 Å². The van der Waals surface area contributed by atoms with E-state index < -0.39 is 55.3 Å². The number of aromatic hydroxyl groups is 1. The maximum absolute atomic E-state index is 13.4. The molecule has 1 fully saturated rings. The fourth-order valence-corrected chi connectivity index (χ4v) is 6.28. The molecule has 51 heavy (non-hydrogen) atoms. The van der Waals surface area contributed by atoms with Gasteiger partial charge in [-0.05, 0) is 49.4 Å². The summed E-state index contributed by atoms with van der Waals surface area (Å²) in [6.45, 7) is 1.87. The molecule has 6 rings (SSSR count). The van der Waals surface area contributed by atoms with Crippen LogP contribution in [0.25, 0.3) is 22.1 Å². The van der Waals surface area contributed by atoms with Crippen molar-refractivity contribution in [3.63, 3.8) is 0 Å². The van der Waals surface area contributed by atoms with Crippen molar-refractivity contribution in [1.82, 2.24) is 5.32 Å². The van der Waals surface area contributed by atoms with Crippen LogP contribution in [-0.4, -0.2) is 90.4 Å². The number of aliphatic hydroxyl groups excluding tert-OH is 2. The van der Waals surface area contributed by atoms with E-state index in [1.165, 1.54) is 43.6 Å². The molecule has 5 N–H and O–H groups in total. The van der Waals surface area contributed by atoms with Crippen LogP contribution in [0.4, 0.5) is 0 Å². The smallest absolute Gasteiger partial charge is 0.329 e. The highest BCUT2D eigenvalue weighted by atomic mass is 16.8. The van der Waals surface area contributed by atoms with E-state index in [9.17, 15) is 34.8 Å². The standard InChI is InChI=1S/C36H39N3O12/c1-3-4-5-6-25-28-20(13-14-38-28)16-39(25)51-33-32(43)31(42)27(18-48-35(46)29(37-2)34(44)45)50-36(33)49-22-11-12-23-26(15-22)47-17-24(30(23)41)19-7-9-21(40)10-8-19/h7-15,17,27,29,31-33,36-37,40,42-43H,3-6,16,18H2,1-2H3,(H,44,45)/t27-,29+,31-,32+,33+,36-/m0/s1. The Morgan fingerprint density at radius 2 is 1.92 bits per heavy atom. The largest absolute Gasteiger partial charge is 0.548 e. The summed E-state index contributed by atoms with van der Waals surface area (Å²) in [4.78, 5) is 48.0. The number of quaternary nitrogens is 1. The number of nitrogens with one attached hydrogen (secondary N) is 2. The number of unbranched alkanes of at least 4 members (excludes halogenated alkanes) is 2. The Kier molecular flexibility index (Phi) is 11.0. The number of carboxylic acids is 1. The molecule has 0 bridgehead atoms. The second-order valence-electron chi connectivity index (χ2n) is 12.4. The van der Waals surface area contributed by atoms with Crippen molar-refractivity contribution in [3.05, 3.63) is 82.0 Å². The highest BCUT2D eigenvalue weighted by Gasteiger charge is 2.51. The van der Waals surface area contributed by atoms with Gasteiger partial charge >= 0.3 is 5.97 Å². The minimum absolute atomic E-state index is 0.0554. The Morgan fingerprint density at radius 1 is 1.14 bits per heavy atom. The van der Waals surface area contributed by atoms with E-state index in [4.69, 9.17) is 23.5 Å². The number of carbonyl (C=O) groups excluding carboxylic acids is 2. The van der Waals surface area contributed by atoms with Crippen LogP contribution in [0.2, 0.25) is 0 Å². The molecule has 15 nitrogen and oxygen atoms in total. The van der Waals surface area contributed by atoms with Crippen LogP contribution in [0.3, 0.4) is 0 Å². The van der Waals surface area contributed by atoms with Crippen LogP contribution < -0.4 is 25.7 Å². The Morgan fingerprint density at radius 3 is 2.65 bits per heavy atom. The van der Waals surface area contributed by atoms with E-state index in [2.05, 4.69) is 17.2 Å². The molecule has 3 aromatic rings. The van der Waals surface area contributed by atoms with Gasteiger partial charge in [-0.3, -0.25) is 9.79 Å². The van der Waals surface area contributed by atoms with Crippen LogP contribution in [-0.2, 0) is 23.9 Å². The first kappa shape index (κ1) is 35.9. The summed E-state index contributed by atoms with van der Waals surface area (Å²) in [5, 5.41) is 46.6. The number of carbonyl (C=O) groups is 2. The number of esters is 1. The number of fused-ring (bicyclic) bond motifs is 2. The molecule has 2 aromatic carbocycles. The van der Waals surface area contributed by atoms with Gasteiger partial charge in [0.1, 0.15) is 66.5 Å². The number of phenols is 1. The number of carboxylic acid groups (broad SMARTS) is 1. The third-order valence-electron chi connectivity index (χ3n) is 9.04. The number of aliphatic imine (C=N–C) groups is 1. The second kappa shape index (κ2) is 15.6. The van der Waals surface area contributed by atoms with Crippen molar-refractivity contribution in [2.45, 2.75) is 69.4 Å². The lowest BCUT2D eigenvalue weighted by Gasteiger charge is -2.41. The quantitative estimate of drug-likeness (QED) is 0.0842. The van der Waals surface area contributed by atoms with Gasteiger partial charge in [0.2, 0.25) is 12.4 Å². The molecule has 1 saturated heterocycles. The molecule has 1 aromatic heterocycles. The molecule has 0 amide bonds. The first-order chi connectivity index (χ1) is 24.6. The monoisotopic (exact) mass is 705 g/mol. The molecule has 270 valence electrons. The number of allylic oxidation sites excluding steroid dienone is 2. The number of aliphatic hydroxyl groups is 2. The number of nitrogens with zero attached hydrogens (tertiary/aromatic N) is 1. The van der Waals surface area contributed by atoms with Crippen molar-refractivity contribution >= 4 is 29.1 Å². The zero-order valence-corrected chi connectivity index (χ0v) is 27.9. The van der Waals surface area contributed by atoms with Crippen molar-refractivity contribution in [2.24, 2.45) is 4.99 Å². The van der Waals surface area contributed by atoms with Gasteiger partial charge in [0, 0.05) is 24.3 Å². The Bertz CT molecular complexity index is 1920. The van der Waals surface area contributed by atoms with E-state index in [0.29, 0.717) is 23.6 Å². The summed E-state index contributed by atoms with van der Waals surface area (Å²) < 4.78 is 23.2. The fraction of sp³-hybridized carbons (Fsp3) is 0.389. The van der Waals surface area contributed by atoms with Crippen LogP contribution in [0, 0.1) is 0 Å². The molecule has 0 aliphatic carbocycles. The summed E-state index contributed by atoms with van der Waals surface area (Å²) in [7, 11) is 1.24. The lowest BCUT2D eigenvalue weighted by molar-refractivity contribution is -1.06. The van der Waals surface area contributed by atoms with Gasteiger partial charge in [0.25, 0.3) is 0 Å². The average Bonchev–Trinajstić information content (AvgIpc) is 3.70. The number of rotatable bonds is 14. The highest BCUT2D eigenvalue weighted by Crippen LogP contribution is 2.30. The maximum atomic E-state index is 13.4. The molecule has 0 spiro atoms. The number of likely N-dealkylation sites (N-methyl/N-ethyl adjacent to an activating group) is 1. The van der Waals surface area contributed by atoms with E-state index >= 15 is 0 Å². The first-order valence-electron chi connectivity index (χ1n) is 16.7. The van der Waals surface area contributed by atoms with E-state index in [1.807, 2.05) is 6.08 Å². The van der Waals surface area contributed by atoms with Gasteiger partial charge in [-0.1, -0.05) is 31.9 Å². The number of aliphatic carboxylic acids is 1. The molecule has 15 heteroatoms. The fourth-order valence-electron chi connectivity index (χ4n) is 6.28. The number of hydrogen-bond donors (Lipinski definition) is 5. The van der Waals surface area contributed by atoms with E-state index in [0.717, 1.165) is 36.2 Å². The van der Waals surface area contributed by atoms with Gasteiger partial charge in [0.05, 0.1) is 16.9 Å². The highest BCUT2D eigenvalue weighted by molar-refractivity contribution is 5.97. The molecule has 0 saturated carbocycles. The number of ether oxygens (including phenoxy) is 3. The normalized spacial score (nSPS) is 24.7. The molecular formula is C36H39N3O12. The SMILES string of the molecule is CCCCCC1=C2N=CC=C2C[NH+]1O[C@H]1[C@@H](Oc2ccc3c(=O)c(-c4ccc(O)cc4)coc3c2)O[C@@H](COC(=O)[C@H](NC)C(=O)[O-])[C@H](O)[C@H]1O. The summed E-state index contributed by atoms with van der Waals surface area (Å²) in [5.41, 5.74) is 3.38. The zero-order valence-electron chi connectivity index (χ0n) is 27.9. The van der Waals surface area contributed by atoms with Crippen molar-refractivity contribution in [3.8, 4) is 22.6 Å². The van der Waals surface area contributed by atoms with Crippen molar-refractivity contribution < 1.29 is 58.5 Å². The van der Waals surface area contributed by atoms with Gasteiger partial charge in [0.15, 0.2) is 11.1 Å². The summed E-state index contributed by atoms with van der Waals surface area (Å²) in [5.74, 6) is -2.67. The summed E-state index contributed by atoms with van der Waals surface area (Å²) in [6, 6.07) is 8.84. The number of phenolic OH excluding ortho intramolecular Hbond substituents is 1. The van der Waals surface area contributed by atoms with Crippen molar-refractivity contribution in [2.75, 3.05) is 20.2 Å². The molecule has 3 aliphatic rings. The molecule has 0 radical (unpaired) electrons. The Labute approximate surface area is 292 Å². The van der Waals surface area contributed by atoms with Crippen molar-refractivity contribution in [1.29, 1.82) is 0 Å². The van der Waals surface area contributed by atoms with Gasteiger partial charge in [-0.25, -0.2) is 4.79 Å². The number of hydroxylamine groups is 2. The molecule has 1 unspecified atom stereocenters. The van der Waals surface area contributed by atoms with Crippen LogP contribution in [0.1, 0.15) is 32.6 Å². The van der Waals surface area contributed by atoms with Gasteiger partial charge in [-0.15, -0.1) is 0 Å². The molecular weight excluding hydrogens is 666 g/mol. The maximum Gasteiger partial charge on any atom is 0.329 e. The Hall–Kier alpha value is -4.90. The first-order valence-corrected chi connectivity index (χ1v) is 16.7. The van der Waals surface area contributed by atoms with Gasteiger partial charge < -0.3 is 49.2 Å². The van der Waals surface area contributed by atoms with Crippen LogP contribution in [0.15, 0.2) is 86.0 Å². The minimum Gasteiger partial charge on any atom is -0.548 e. The third-order valence-corrected chi connectivity index (χ3v) is 9.04. The number of hydrogen-bond acceptors (Lipinski definition) is 14. The van der Waals surface area contributed by atoms with Gasteiger partial charge in [-0.2, -0.15) is 9.90 Å².